The van der Waals surface area contributed by atoms with E-state index >= 15 is 0 Å². The van der Waals surface area contributed by atoms with E-state index in [2.05, 4.69) is 50.7 Å². The summed E-state index contributed by atoms with van der Waals surface area (Å²) < 4.78 is 3.12. The van der Waals surface area contributed by atoms with Crippen molar-refractivity contribution in [3.63, 3.8) is 0 Å². The van der Waals surface area contributed by atoms with Gasteiger partial charge in [0.1, 0.15) is 0 Å². The summed E-state index contributed by atoms with van der Waals surface area (Å²) in [6, 6.07) is 2.12. The molecule has 5 heteroatoms. The minimum Gasteiger partial charge on any atom is -0.316 e. The molecule has 0 saturated carbocycles. The Bertz CT molecular complexity index is 616. The van der Waals surface area contributed by atoms with Crippen molar-refractivity contribution in [2.24, 2.45) is 0 Å². The van der Waals surface area contributed by atoms with Gasteiger partial charge in [0.2, 0.25) is 0 Å². The number of halogens is 1. The van der Waals surface area contributed by atoms with Crippen LogP contribution in [0.15, 0.2) is 16.7 Å². The summed E-state index contributed by atoms with van der Waals surface area (Å²) in [5.41, 5.74) is 3.37. The maximum Gasteiger partial charge on any atom is 0.169 e. The summed E-state index contributed by atoms with van der Waals surface area (Å²) in [5.74, 6) is 0.994. The minimum absolute atomic E-state index is 0.461. The molecule has 0 spiro atoms. The third kappa shape index (κ3) is 2.86. The number of aromatic nitrogens is 3. The van der Waals surface area contributed by atoms with Crippen molar-refractivity contribution in [2.45, 2.75) is 51.4 Å². The number of rotatable bonds is 4. The van der Waals surface area contributed by atoms with E-state index in [0.717, 1.165) is 35.3 Å². The summed E-state index contributed by atoms with van der Waals surface area (Å²) in [5, 5.41) is 8.37. The lowest BCUT2D eigenvalue weighted by atomic mass is 9.96. The van der Waals surface area contributed by atoms with Crippen LogP contribution in [0.1, 0.15) is 62.8 Å². The molecule has 0 aliphatic carbocycles. The second-order valence-corrected chi connectivity index (χ2v) is 6.83. The van der Waals surface area contributed by atoms with Crippen molar-refractivity contribution in [3.8, 4) is 0 Å². The molecule has 4 nitrogen and oxygen atoms in total. The fourth-order valence-corrected chi connectivity index (χ4v) is 3.99. The maximum absolute atomic E-state index is 4.89. The average Bonchev–Trinajstić information content (AvgIpc) is 2.86. The molecule has 1 N–H and O–H groups in total. The highest BCUT2D eigenvalue weighted by atomic mass is 79.9. The highest BCUT2D eigenvalue weighted by Gasteiger charge is 2.22. The zero-order chi connectivity index (χ0) is 14.8. The van der Waals surface area contributed by atoms with Gasteiger partial charge in [-0.1, -0.05) is 20.3 Å². The van der Waals surface area contributed by atoms with Crippen LogP contribution in [0, 0.1) is 0 Å². The van der Waals surface area contributed by atoms with Crippen LogP contribution in [0.5, 0.6) is 0 Å². The zero-order valence-electron chi connectivity index (χ0n) is 12.8. The van der Waals surface area contributed by atoms with Gasteiger partial charge in [-0.15, -0.1) is 0 Å². The summed E-state index contributed by atoms with van der Waals surface area (Å²) >= 11 is 3.72. The van der Waals surface area contributed by atoms with Gasteiger partial charge in [0.05, 0.1) is 15.9 Å². The van der Waals surface area contributed by atoms with Crippen LogP contribution in [-0.2, 0) is 0 Å². The number of fused-ring (bicyclic) bond motifs is 1. The zero-order valence-corrected chi connectivity index (χ0v) is 14.4. The van der Waals surface area contributed by atoms with Crippen molar-refractivity contribution in [1.29, 1.82) is 0 Å². The predicted octanol–water partition coefficient (Wildman–Crippen LogP) is 3.86. The molecule has 1 fully saturated rings. The highest BCUT2D eigenvalue weighted by molar-refractivity contribution is 9.10. The summed E-state index contributed by atoms with van der Waals surface area (Å²) in [4.78, 5) is 4.53. The SMILES string of the molecule is CCCC(C)c1nn2c(C3CCCNC3)ccnc2c1Br. The Morgan fingerprint density at radius 1 is 1.52 bits per heavy atom. The molecule has 1 saturated heterocycles. The number of nitrogens with zero attached hydrogens (tertiary/aromatic N) is 3. The first-order chi connectivity index (χ1) is 10.2. The first-order valence-corrected chi connectivity index (χ1v) is 8.75. The summed E-state index contributed by atoms with van der Waals surface area (Å²) in [6.45, 7) is 6.64. The molecular formula is C16H23BrN4. The fraction of sp³-hybridized carbons (Fsp3) is 0.625. The second kappa shape index (κ2) is 6.44. The van der Waals surface area contributed by atoms with Crippen LogP contribution >= 0.6 is 15.9 Å². The van der Waals surface area contributed by atoms with E-state index in [1.165, 1.54) is 25.0 Å². The van der Waals surface area contributed by atoms with Gasteiger partial charge in [-0.05, 0) is 47.8 Å². The quantitative estimate of drug-likeness (QED) is 0.910. The van der Waals surface area contributed by atoms with E-state index in [0.29, 0.717) is 11.8 Å². The Morgan fingerprint density at radius 2 is 2.38 bits per heavy atom. The van der Waals surface area contributed by atoms with Crippen LogP contribution in [-0.4, -0.2) is 27.7 Å². The van der Waals surface area contributed by atoms with E-state index < -0.39 is 0 Å². The van der Waals surface area contributed by atoms with E-state index in [4.69, 9.17) is 5.10 Å². The van der Waals surface area contributed by atoms with E-state index in [1.807, 2.05) is 6.20 Å². The van der Waals surface area contributed by atoms with Crippen LogP contribution in [0.4, 0.5) is 0 Å². The Kier molecular flexibility index (Phi) is 4.60. The summed E-state index contributed by atoms with van der Waals surface area (Å²) in [7, 11) is 0. The molecule has 0 radical (unpaired) electrons. The molecule has 1 aliphatic heterocycles. The average molecular weight is 351 g/mol. The molecule has 0 bridgehead atoms. The first-order valence-electron chi connectivity index (χ1n) is 7.96. The minimum atomic E-state index is 0.461. The molecule has 21 heavy (non-hydrogen) atoms. The van der Waals surface area contributed by atoms with Crippen LogP contribution < -0.4 is 5.32 Å². The molecule has 3 heterocycles. The number of hydrogen-bond donors (Lipinski definition) is 1. The van der Waals surface area contributed by atoms with Gasteiger partial charge in [0.15, 0.2) is 5.65 Å². The third-order valence-corrected chi connectivity index (χ3v) is 5.18. The molecule has 1 aliphatic rings. The third-order valence-electron chi connectivity index (χ3n) is 4.42. The van der Waals surface area contributed by atoms with Crippen molar-refractivity contribution in [1.82, 2.24) is 19.9 Å². The molecule has 2 atom stereocenters. The Morgan fingerprint density at radius 3 is 3.10 bits per heavy atom. The van der Waals surface area contributed by atoms with Crippen molar-refractivity contribution >= 4 is 21.6 Å². The maximum atomic E-state index is 4.89. The van der Waals surface area contributed by atoms with Crippen molar-refractivity contribution in [3.05, 3.63) is 28.1 Å². The van der Waals surface area contributed by atoms with Crippen LogP contribution in [0.2, 0.25) is 0 Å². The monoisotopic (exact) mass is 350 g/mol. The lowest BCUT2D eigenvalue weighted by molar-refractivity contribution is 0.447. The molecule has 114 valence electrons. The molecular weight excluding hydrogens is 328 g/mol. The van der Waals surface area contributed by atoms with Gasteiger partial charge >= 0.3 is 0 Å². The van der Waals surface area contributed by atoms with Gasteiger partial charge in [0, 0.05) is 24.6 Å². The lowest BCUT2D eigenvalue weighted by Crippen LogP contribution is -2.29. The smallest absolute Gasteiger partial charge is 0.169 e. The lowest BCUT2D eigenvalue weighted by Gasteiger charge is -2.23. The van der Waals surface area contributed by atoms with E-state index in [1.54, 1.807) is 0 Å². The molecule has 0 aromatic carbocycles. The first kappa shape index (κ1) is 15.0. The van der Waals surface area contributed by atoms with Crippen molar-refractivity contribution in [2.75, 3.05) is 13.1 Å². The number of piperidine rings is 1. The Labute approximate surface area is 134 Å². The molecule has 0 amide bonds. The molecule has 2 aromatic rings. The standard InChI is InChI=1S/C16H23BrN4/c1-3-5-11(2)15-14(17)16-19-9-7-13(21(16)20-15)12-6-4-8-18-10-12/h7,9,11-12,18H,3-6,8,10H2,1-2H3. The largest absolute Gasteiger partial charge is 0.316 e. The Balaban J connectivity index is 2.04. The Hall–Kier alpha value is -0.940. The normalized spacial score (nSPS) is 20.8. The van der Waals surface area contributed by atoms with Gasteiger partial charge < -0.3 is 5.32 Å². The van der Waals surface area contributed by atoms with Crippen LogP contribution in [0.3, 0.4) is 0 Å². The van der Waals surface area contributed by atoms with Gasteiger partial charge in [0.25, 0.3) is 0 Å². The van der Waals surface area contributed by atoms with Gasteiger partial charge in [-0.2, -0.15) is 5.10 Å². The predicted molar refractivity (Wildman–Crippen MR) is 88.9 cm³/mol. The number of hydrogen-bond acceptors (Lipinski definition) is 3. The molecule has 2 aromatic heterocycles. The van der Waals surface area contributed by atoms with E-state index in [-0.39, 0.29) is 0 Å². The fourth-order valence-electron chi connectivity index (χ4n) is 3.25. The molecule has 3 rings (SSSR count). The van der Waals surface area contributed by atoms with Crippen LogP contribution in [0.25, 0.3) is 5.65 Å². The highest BCUT2D eigenvalue weighted by Crippen LogP contribution is 2.32. The topological polar surface area (TPSA) is 42.2 Å². The second-order valence-electron chi connectivity index (χ2n) is 6.04. The van der Waals surface area contributed by atoms with Crippen molar-refractivity contribution < 1.29 is 0 Å². The van der Waals surface area contributed by atoms with Gasteiger partial charge in [-0.25, -0.2) is 9.50 Å². The molecule has 2 unspecified atom stereocenters. The number of nitrogens with one attached hydrogen (secondary N) is 1. The van der Waals surface area contributed by atoms with E-state index in [9.17, 15) is 0 Å². The summed E-state index contributed by atoms with van der Waals surface area (Å²) in [6.07, 6.45) is 6.70. The van der Waals surface area contributed by atoms with Gasteiger partial charge in [-0.3, -0.25) is 0 Å².